The predicted molar refractivity (Wildman–Crippen MR) is 68.6 cm³/mol. The average Bonchev–Trinajstić information content (AvgIpc) is 2.94. The number of nitrogens with one attached hydrogen (secondary N) is 1. The smallest absolute Gasteiger partial charge is 0.228 e. The Bertz CT molecular complexity index is 523. The third-order valence-corrected chi connectivity index (χ3v) is 4.00. The third-order valence-electron chi connectivity index (χ3n) is 4.00. The van der Waals surface area contributed by atoms with Crippen molar-refractivity contribution in [3.63, 3.8) is 0 Å². The maximum atomic E-state index is 13.7. The normalized spacial score (nSPS) is 28.7. The van der Waals surface area contributed by atoms with Crippen LogP contribution in [0.25, 0.3) is 0 Å². The number of hydrogen-bond acceptors (Lipinski definition) is 1. The highest BCUT2D eigenvalue weighted by Gasteiger charge is 2.39. The van der Waals surface area contributed by atoms with Crippen molar-refractivity contribution in [2.45, 2.75) is 19.8 Å². The van der Waals surface area contributed by atoms with Crippen molar-refractivity contribution in [3.8, 4) is 0 Å². The minimum absolute atomic E-state index is 0.0145. The number of anilines is 1. The Kier molecular flexibility index (Phi) is 2.69. The Morgan fingerprint density at radius 1 is 1.33 bits per heavy atom. The van der Waals surface area contributed by atoms with Crippen LogP contribution in [-0.2, 0) is 4.79 Å². The molecule has 1 N–H and O–H groups in total. The molecule has 1 saturated carbocycles. The summed E-state index contributed by atoms with van der Waals surface area (Å²) in [7, 11) is 0. The van der Waals surface area contributed by atoms with E-state index in [9.17, 15) is 9.18 Å². The number of carbonyl (C=O) groups is 1. The highest BCUT2D eigenvalue weighted by atomic mass is 19.1. The van der Waals surface area contributed by atoms with Gasteiger partial charge in [0.15, 0.2) is 0 Å². The molecule has 0 radical (unpaired) electrons. The SMILES string of the molecule is Cc1ccc(NC(=O)C2CC3C=CC2C3)c(F)c1. The first-order valence-electron chi connectivity index (χ1n) is 6.39. The predicted octanol–water partition coefficient (Wildman–Crippen LogP) is 3.28. The van der Waals surface area contributed by atoms with E-state index in [1.54, 1.807) is 12.1 Å². The molecule has 3 atom stereocenters. The fraction of sp³-hybridized carbons (Fsp3) is 0.400. The number of hydrogen-bond donors (Lipinski definition) is 1. The zero-order valence-corrected chi connectivity index (χ0v) is 10.3. The number of carbonyl (C=O) groups excluding carboxylic acids is 1. The van der Waals surface area contributed by atoms with Gasteiger partial charge in [0, 0.05) is 5.92 Å². The first-order valence-corrected chi connectivity index (χ1v) is 6.39. The number of benzene rings is 1. The van der Waals surface area contributed by atoms with E-state index in [1.165, 1.54) is 6.07 Å². The molecule has 2 aliphatic rings. The van der Waals surface area contributed by atoms with Gasteiger partial charge in [0.1, 0.15) is 5.82 Å². The average molecular weight is 245 g/mol. The summed E-state index contributed by atoms with van der Waals surface area (Å²) in [6.07, 6.45) is 6.31. The van der Waals surface area contributed by atoms with Gasteiger partial charge in [-0.2, -0.15) is 0 Å². The van der Waals surface area contributed by atoms with E-state index in [0.717, 1.165) is 18.4 Å². The number of aryl methyl sites for hydroxylation is 1. The van der Waals surface area contributed by atoms with E-state index >= 15 is 0 Å². The van der Waals surface area contributed by atoms with Crippen LogP contribution in [0, 0.1) is 30.5 Å². The molecule has 94 valence electrons. The first kappa shape index (κ1) is 11.5. The Balaban J connectivity index is 1.73. The maximum absolute atomic E-state index is 13.7. The summed E-state index contributed by atoms with van der Waals surface area (Å²) >= 11 is 0. The largest absolute Gasteiger partial charge is 0.323 e. The van der Waals surface area contributed by atoms with E-state index in [4.69, 9.17) is 0 Å². The van der Waals surface area contributed by atoms with Gasteiger partial charge < -0.3 is 5.32 Å². The van der Waals surface area contributed by atoms with Gasteiger partial charge in [-0.05, 0) is 49.3 Å². The number of allylic oxidation sites excluding steroid dienone is 2. The van der Waals surface area contributed by atoms with E-state index in [0.29, 0.717) is 11.8 Å². The molecular formula is C15H16FNO. The highest BCUT2D eigenvalue weighted by Crippen LogP contribution is 2.43. The zero-order valence-electron chi connectivity index (χ0n) is 10.3. The van der Waals surface area contributed by atoms with E-state index in [1.807, 2.05) is 6.92 Å². The Labute approximate surface area is 106 Å². The van der Waals surface area contributed by atoms with Crippen molar-refractivity contribution >= 4 is 11.6 Å². The molecule has 2 nitrogen and oxygen atoms in total. The summed E-state index contributed by atoms with van der Waals surface area (Å²) in [5, 5.41) is 2.72. The van der Waals surface area contributed by atoms with Crippen LogP contribution in [0.4, 0.5) is 10.1 Å². The molecule has 0 saturated heterocycles. The molecule has 0 aromatic heterocycles. The summed E-state index contributed by atoms with van der Waals surface area (Å²) in [6.45, 7) is 1.83. The number of halogens is 1. The molecule has 18 heavy (non-hydrogen) atoms. The Morgan fingerprint density at radius 2 is 2.17 bits per heavy atom. The van der Waals surface area contributed by atoms with Gasteiger partial charge in [0.05, 0.1) is 5.69 Å². The van der Waals surface area contributed by atoms with Crippen LogP contribution in [0.3, 0.4) is 0 Å². The first-order chi connectivity index (χ1) is 8.63. The van der Waals surface area contributed by atoms with Crippen molar-refractivity contribution in [1.82, 2.24) is 0 Å². The van der Waals surface area contributed by atoms with Crippen LogP contribution >= 0.6 is 0 Å². The molecule has 3 unspecified atom stereocenters. The summed E-state index contributed by atoms with van der Waals surface area (Å²) in [4.78, 5) is 12.1. The van der Waals surface area contributed by atoms with Gasteiger partial charge in [0.2, 0.25) is 5.91 Å². The van der Waals surface area contributed by atoms with Gasteiger partial charge in [-0.3, -0.25) is 4.79 Å². The summed E-state index contributed by atoms with van der Waals surface area (Å²) < 4.78 is 13.7. The summed E-state index contributed by atoms with van der Waals surface area (Å²) in [5.74, 6) is 0.509. The fourth-order valence-electron chi connectivity index (χ4n) is 3.03. The Hall–Kier alpha value is -1.64. The highest BCUT2D eigenvalue weighted by molar-refractivity contribution is 5.93. The van der Waals surface area contributed by atoms with Gasteiger partial charge >= 0.3 is 0 Å². The van der Waals surface area contributed by atoms with Crippen LogP contribution in [0.15, 0.2) is 30.4 Å². The Morgan fingerprint density at radius 3 is 2.78 bits per heavy atom. The molecule has 0 aliphatic heterocycles. The summed E-state index contributed by atoms with van der Waals surface area (Å²) in [5.41, 5.74) is 1.14. The molecule has 1 aromatic rings. The minimum Gasteiger partial charge on any atom is -0.323 e. The lowest BCUT2D eigenvalue weighted by atomic mass is 9.93. The number of rotatable bonds is 2. The van der Waals surface area contributed by atoms with E-state index in [-0.39, 0.29) is 23.3 Å². The van der Waals surface area contributed by atoms with Crippen molar-refractivity contribution in [2.75, 3.05) is 5.32 Å². The molecule has 1 aromatic carbocycles. The molecule has 0 heterocycles. The van der Waals surface area contributed by atoms with Crippen molar-refractivity contribution in [2.24, 2.45) is 17.8 Å². The van der Waals surface area contributed by atoms with E-state index < -0.39 is 0 Å². The number of fused-ring (bicyclic) bond motifs is 2. The third kappa shape index (κ3) is 1.94. The standard InChI is InChI=1S/C15H16FNO/c1-9-2-5-14(13(16)6-9)17-15(18)12-8-10-3-4-11(12)7-10/h2-6,10-12H,7-8H2,1H3,(H,17,18). The quantitative estimate of drug-likeness (QED) is 0.796. The molecule has 1 fully saturated rings. The topological polar surface area (TPSA) is 29.1 Å². The lowest BCUT2D eigenvalue weighted by Crippen LogP contribution is -2.26. The maximum Gasteiger partial charge on any atom is 0.228 e. The second-order valence-corrected chi connectivity index (χ2v) is 5.36. The van der Waals surface area contributed by atoms with Crippen molar-refractivity contribution in [1.29, 1.82) is 0 Å². The van der Waals surface area contributed by atoms with Gasteiger partial charge in [0.25, 0.3) is 0 Å². The van der Waals surface area contributed by atoms with Crippen molar-refractivity contribution in [3.05, 3.63) is 41.7 Å². The van der Waals surface area contributed by atoms with Crippen LogP contribution in [0.1, 0.15) is 18.4 Å². The minimum atomic E-state index is -0.359. The molecule has 3 rings (SSSR count). The molecular weight excluding hydrogens is 229 g/mol. The van der Waals surface area contributed by atoms with Gasteiger partial charge in [-0.25, -0.2) is 4.39 Å². The summed E-state index contributed by atoms with van der Waals surface area (Å²) in [6, 6.07) is 4.88. The molecule has 0 spiro atoms. The second-order valence-electron chi connectivity index (χ2n) is 5.36. The van der Waals surface area contributed by atoms with Crippen LogP contribution < -0.4 is 5.32 Å². The van der Waals surface area contributed by atoms with Crippen LogP contribution in [0.2, 0.25) is 0 Å². The molecule has 3 heteroatoms. The fourth-order valence-corrected chi connectivity index (χ4v) is 3.03. The monoisotopic (exact) mass is 245 g/mol. The molecule has 2 bridgehead atoms. The molecule has 1 amide bonds. The van der Waals surface area contributed by atoms with Crippen LogP contribution in [0.5, 0.6) is 0 Å². The van der Waals surface area contributed by atoms with Crippen LogP contribution in [-0.4, -0.2) is 5.91 Å². The second kappa shape index (κ2) is 4.23. The van der Waals surface area contributed by atoms with Gasteiger partial charge in [-0.15, -0.1) is 0 Å². The lowest BCUT2D eigenvalue weighted by Gasteiger charge is -2.17. The van der Waals surface area contributed by atoms with Crippen molar-refractivity contribution < 1.29 is 9.18 Å². The van der Waals surface area contributed by atoms with E-state index in [2.05, 4.69) is 17.5 Å². The molecule has 2 aliphatic carbocycles. The lowest BCUT2D eigenvalue weighted by molar-refractivity contribution is -0.120. The van der Waals surface area contributed by atoms with Gasteiger partial charge in [-0.1, -0.05) is 18.2 Å². The number of amides is 1. The zero-order chi connectivity index (χ0) is 12.7.